The van der Waals surface area contributed by atoms with Crippen molar-refractivity contribution < 1.29 is 0 Å². The van der Waals surface area contributed by atoms with Crippen molar-refractivity contribution in [2.45, 2.75) is 26.8 Å². The van der Waals surface area contributed by atoms with Crippen LogP contribution < -0.4 is 5.32 Å². The van der Waals surface area contributed by atoms with Crippen LogP contribution in [0.3, 0.4) is 0 Å². The molecule has 2 aromatic heterocycles. The maximum absolute atomic E-state index is 4.62. The lowest BCUT2D eigenvalue weighted by Gasteiger charge is -2.08. The summed E-state index contributed by atoms with van der Waals surface area (Å²) in [6.45, 7) is 5.99. The Morgan fingerprint density at radius 2 is 2.11 bits per heavy atom. The van der Waals surface area contributed by atoms with Crippen molar-refractivity contribution in [2.24, 2.45) is 7.05 Å². The Bertz CT molecular complexity index is 518. The van der Waals surface area contributed by atoms with Gasteiger partial charge >= 0.3 is 0 Å². The number of aryl methyl sites for hydroxylation is 2. The second-order valence-corrected chi connectivity index (χ2v) is 4.20. The monoisotopic (exact) mass is 245 g/mol. The lowest BCUT2D eigenvalue weighted by molar-refractivity contribution is 0.711. The van der Waals surface area contributed by atoms with Crippen molar-refractivity contribution in [1.82, 2.24) is 25.1 Å². The molecule has 0 unspecified atom stereocenters. The molecule has 2 heterocycles. The van der Waals surface area contributed by atoms with Gasteiger partial charge in [0, 0.05) is 37.2 Å². The van der Waals surface area contributed by atoms with Crippen LogP contribution in [0, 0.1) is 0 Å². The predicted octanol–water partition coefficient (Wildman–Crippen LogP) is 1.55. The molecule has 96 valence electrons. The lowest BCUT2D eigenvalue weighted by Crippen LogP contribution is -2.14. The predicted molar refractivity (Wildman–Crippen MR) is 71.0 cm³/mol. The molecule has 0 bridgehead atoms. The maximum Gasteiger partial charge on any atom is 0.162 e. The van der Waals surface area contributed by atoms with Crippen molar-refractivity contribution in [3.8, 4) is 11.4 Å². The Labute approximate surface area is 107 Å². The van der Waals surface area contributed by atoms with Crippen LogP contribution in [0.25, 0.3) is 11.4 Å². The Morgan fingerprint density at radius 3 is 2.72 bits per heavy atom. The zero-order valence-corrected chi connectivity index (χ0v) is 11.1. The van der Waals surface area contributed by atoms with Crippen molar-refractivity contribution in [2.75, 3.05) is 6.54 Å². The third kappa shape index (κ3) is 2.73. The van der Waals surface area contributed by atoms with E-state index >= 15 is 0 Å². The average Bonchev–Trinajstić information content (AvgIpc) is 2.83. The fourth-order valence-corrected chi connectivity index (χ4v) is 1.83. The normalized spacial score (nSPS) is 10.8. The number of hydrogen-bond donors (Lipinski definition) is 1. The summed E-state index contributed by atoms with van der Waals surface area (Å²) in [7, 11) is 1.89. The van der Waals surface area contributed by atoms with Crippen LogP contribution in [-0.2, 0) is 20.0 Å². The van der Waals surface area contributed by atoms with Gasteiger partial charge in [-0.1, -0.05) is 13.8 Å². The zero-order chi connectivity index (χ0) is 13.0. The molecule has 0 saturated heterocycles. The molecule has 5 nitrogen and oxygen atoms in total. The van der Waals surface area contributed by atoms with Crippen LogP contribution in [-0.4, -0.2) is 26.3 Å². The third-order valence-corrected chi connectivity index (χ3v) is 2.82. The highest BCUT2D eigenvalue weighted by atomic mass is 15.2. The van der Waals surface area contributed by atoms with E-state index in [0.29, 0.717) is 0 Å². The van der Waals surface area contributed by atoms with Gasteiger partial charge in [-0.05, 0) is 13.0 Å². The van der Waals surface area contributed by atoms with Gasteiger partial charge in [0.1, 0.15) is 0 Å². The van der Waals surface area contributed by atoms with Crippen molar-refractivity contribution in [1.29, 1.82) is 0 Å². The molecule has 2 aromatic rings. The number of aromatic nitrogens is 4. The Morgan fingerprint density at radius 1 is 1.28 bits per heavy atom. The summed E-state index contributed by atoms with van der Waals surface area (Å²) in [5.41, 5.74) is 3.24. The molecule has 18 heavy (non-hydrogen) atoms. The summed E-state index contributed by atoms with van der Waals surface area (Å²) in [6.07, 6.45) is 6.55. The van der Waals surface area contributed by atoms with E-state index in [4.69, 9.17) is 0 Å². The number of hydrogen-bond acceptors (Lipinski definition) is 4. The number of rotatable bonds is 5. The highest BCUT2D eigenvalue weighted by molar-refractivity contribution is 5.52. The minimum Gasteiger partial charge on any atom is -0.313 e. The van der Waals surface area contributed by atoms with Crippen LogP contribution in [0.5, 0.6) is 0 Å². The molecule has 0 atom stereocenters. The molecular weight excluding hydrogens is 226 g/mol. The van der Waals surface area contributed by atoms with Gasteiger partial charge in [-0.3, -0.25) is 4.68 Å². The molecule has 0 spiro atoms. The highest BCUT2D eigenvalue weighted by Gasteiger charge is 2.08. The van der Waals surface area contributed by atoms with Crippen LogP contribution >= 0.6 is 0 Å². The van der Waals surface area contributed by atoms with E-state index in [0.717, 1.165) is 36.6 Å². The largest absolute Gasteiger partial charge is 0.313 e. The second-order valence-electron chi connectivity index (χ2n) is 4.20. The van der Waals surface area contributed by atoms with Crippen LogP contribution in [0.15, 0.2) is 18.6 Å². The minimum absolute atomic E-state index is 0.750. The van der Waals surface area contributed by atoms with Crippen LogP contribution in [0.4, 0.5) is 0 Å². The maximum atomic E-state index is 4.62. The summed E-state index contributed by atoms with van der Waals surface area (Å²) >= 11 is 0. The van der Waals surface area contributed by atoms with Gasteiger partial charge in [0.25, 0.3) is 0 Å². The smallest absolute Gasteiger partial charge is 0.162 e. The molecular formula is C13H19N5. The van der Waals surface area contributed by atoms with E-state index in [9.17, 15) is 0 Å². The number of nitrogens with zero attached hydrogens (tertiary/aromatic N) is 4. The fourth-order valence-electron chi connectivity index (χ4n) is 1.83. The molecule has 0 aliphatic rings. The second kappa shape index (κ2) is 5.73. The molecule has 1 N–H and O–H groups in total. The van der Waals surface area contributed by atoms with Crippen molar-refractivity contribution in [3.63, 3.8) is 0 Å². The van der Waals surface area contributed by atoms with E-state index < -0.39 is 0 Å². The third-order valence-electron chi connectivity index (χ3n) is 2.82. The molecule has 0 fully saturated rings. The summed E-state index contributed by atoms with van der Waals surface area (Å²) in [6, 6.07) is 0. The summed E-state index contributed by atoms with van der Waals surface area (Å²) < 4.78 is 1.76. The first-order chi connectivity index (χ1) is 8.74. The Kier molecular flexibility index (Phi) is 4.04. The highest BCUT2D eigenvalue weighted by Crippen LogP contribution is 2.15. The van der Waals surface area contributed by atoms with Crippen LogP contribution in [0.2, 0.25) is 0 Å². The average molecular weight is 245 g/mol. The van der Waals surface area contributed by atoms with E-state index in [1.807, 2.05) is 19.4 Å². The van der Waals surface area contributed by atoms with Gasteiger partial charge in [0.15, 0.2) is 5.82 Å². The van der Waals surface area contributed by atoms with Gasteiger partial charge in [-0.25, -0.2) is 9.97 Å². The van der Waals surface area contributed by atoms with Crippen molar-refractivity contribution in [3.05, 3.63) is 29.8 Å². The van der Waals surface area contributed by atoms with Crippen molar-refractivity contribution >= 4 is 0 Å². The molecule has 2 rings (SSSR count). The molecule has 0 amide bonds. The van der Waals surface area contributed by atoms with E-state index in [1.54, 1.807) is 10.9 Å². The van der Waals surface area contributed by atoms with Gasteiger partial charge < -0.3 is 5.32 Å². The molecule has 0 saturated carbocycles. The first-order valence-corrected chi connectivity index (χ1v) is 6.29. The quantitative estimate of drug-likeness (QED) is 0.868. The fraction of sp³-hybridized carbons (Fsp3) is 0.462. The standard InChI is InChI=1S/C13H19N5/c1-4-12-10(6-14-5-2)7-15-13(17-12)11-8-16-18(3)9-11/h7-9,14H,4-6H2,1-3H3. The van der Waals surface area contributed by atoms with Gasteiger partial charge in [0.2, 0.25) is 0 Å². The Balaban J connectivity index is 2.29. The molecule has 5 heteroatoms. The molecule has 0 aliphatic carbocycles. The molecule has 0 radical (unpaired) electrons. The summed E-state index contributed by atoms with van der Waals surface area (Å²) in [5, 5.41) is 7.45. The Hall–Kier alpha value is -1.75. The van der Waals surface area contributed by atoms with Gasteiger partial charge in [-0.15, -0.1) is 0 Å². The number of nitrogens with one attached hydrogen (secondary N) is 1. The summed E-state index contributed by atoms with van der Waals surface area (Å²) in [4.78, 5) is 9.04. The zero-order valence-electron chi connectivity index (χ0n) is 11.1. The van der Waals surface area contributed by atoms with Crippen LogP contribution in [0.1, 0.15) is 25.1 Å². The lowest BCUT2D eigenvalue weighted by atomic mass is 10.2. The minimum atomic E-state index is 0.750. The van der Waals surface area contributed by atoms with Gasteiger partial charge in [-0.2, -0.15) is 5.10 Å². The van der Waals surface area contributed by atoms with E-state index in [2.05, 4.69) is 34.2 Å². The van der Waals surface area contributed by atoms with E-state index in [-0.39, 0.29) is 0 Å². The van der Waals surface area contributed by atoms with Gasteiger partial charge in [0.05, 0.1) is 11.8 Å². The SMILES string of the molecule is CCNCc1cnc(-c2cnn(C)c2)nc1CC. The first kappa shape index (κ1) is 12.7. The summed E-state index contributed by atoms with van der Waals surface area (Å²) in [5.74, 6) is 0.750. The molecule has 0 aliphatic heterocycles. The first-order valence-electron chi connectivity index (χ1n) is 6.29. The van der Waals surface area contributed by atoms with E-state index in [1.165, 1.54) is 5.56 Å². The topological polar surface area (TPSA) is 55.6 Å². The molecule has 0 aromatic carbocycles.